The highest BCUT2D eigenvalue weighted by Crippen LogP contribution is 2.48. The van der Waals surface area contributed by atoms with Crippen LogP contribution in [0, 0.1) is 11.8 Å². The molecule has 5 aromatic rings. The number of hydrogen-bond donors (Lipinski definition) is 0. The van der Waals surface area contributed by atoms with Crippen molar-refractivity contribution in [2.24, 2.45) is 11.8 Å². The largest absolute Gasteiger partial charge is 0.492 e. The summed E-state index contributed by atoms with van der Waals surface area (Å²) in [6.07, 6.45) is 12.9. The van der Waals surface area contributed by atoms with E-state index in [0.717, 1.165) is 47.4 Å². The molecule has 3 unspecified atom stereocenters. The number of fused-ring (bicyclic) bond motifs is 4. The van der Waals surface area contributed by atoms with E-state index >= 15 is 0 Å². The minimum absolute atomic E-state index is 0.00305. The lowest BCUT2D eigenvalue weighted by Gasteiger charge is -2.30. The third kappa shape index (κ3) is 7.00. The minimum atomic E-state index is -1.37. The zero-order valence-corrected chi connectivity index (χ0v) is 31.5. The fourth-order valence-electron chi connectivity index (χ4n) is 7.48. The van der Waals surface area contributed by atoms with Gasteiger partial charge in [-0.2, -0.15) is 0 Å². The second-order valence-corrected chi connectivity index (χ2v) is 16.0. The van der Waals surface area contributed by atoms with Crippen LogP contribution in [0.3, 0.4) is 0 Å². The van der Waals surface area contributed by atoms with Gasteiger partial charge in [0.25, 0.3) is 0 Å². The van der Waals surface area contributed by atoms with Crippen molar-refractivity contribution in [2.45, 2.75) is 104 Å². The van der Waals surface area contributed by atoms with Gasteiger partial charge in [-0.05, 0) is 102 Å². The monoisotopic (exact) mass is 724 g/mol. The average molecular weight is 725 g/mol. The van der Waals surface area contributed by atoms with Crippen molar-refractivity contribution in [3.8, 4) is 17.2 Å². The first-order chi connectivity index (χ1) is 25.3. The van der Waals surface area contributed by atoms with Crippen LogP contribution in [0.4, 0.5) is 0 Å². The van der Waals surface area contributed by atoms with E-state index in [0.29, 0.717) is 59.2 Å². The Labute approximate surface area is 308 Å². The SMILES string of the molecule is C/C(=C\COc1c2c(cc3occc13)O[C@]1(C=C2)O[C@H](CCC(C)C(C)COc2c3ccoc3cc3oc(=O)ccc23)C(C)(C)O1)CCC1OC1(C)C. The topological polar surface area (TPSA) is 115 Å². The molecular weight excluding hydrogens is 676 g/mol. The third-order valence-corrected chi connectivity index (χ3v) is 11.2. The molecule has 3 aromatic heterocycles. The normalized spacial score (nSPS) is 24.1. The van der Waals surface area contributed by atoms with E-state index in [1.54, 1.807) is 24.7 Å². The first-order valence-corrected chi connectivity index (χ1v) is 18.6. The lowest BCUT2D eigenvalue weighted by Crippen LogP contribution is -2.39. The van der Waals surface area contributed by atoms with Gasteiger partial charge in [0.1, 0.15) is 40.6 Å². The Kier molecular flexibility index (Phi) is 8.99. The van der Waals surface area contributed by atoms with Gasteiger partial charge in [-0.15, -0.1) is 0 Å². The molecule has 0 N–H and O–H groups in total. The van der Waals surface area contributed by atoms with Crippen molar-refractivity contribution in [1.29, 1.82) is 0 Å². The molecule has 2 aromatic carbocycles. The first-order valence-electron chi connectivity index (χ1n) is 18.6. The Morgan fingerprint density at radius 3 is 2.28 bits per heavy atom. The Hall–Kier alpha value is -4.51. The second-order valence-electron chi connectivity index (χ2n) is 16.0. The van der Waals surface area contributed by atoms with E-state index in [-0.39, 0.29) is 17.6 Å². The summed E-state index contributed by atoms with van der Waals surface area (Å²) in [7, 11) is 0. The van der Waals surface area contributed by atoms with Crippen molar-refractivity contribution in [3.05, 3.63) is 82.6 Å². The summed E-state index contributed by atoms with van der Waals surface area (Å²) in [5.41, 5.74) is 2.77. The zero-order valence-electron chi connectivity index (χ0n) is 31.5. The van der Waals surface area contributed by atoms with Crippen LogP contribution in [0.5, 0.6) is 17.2 Å². The molecule has 280 valence electrons. The third-order valence-electron chi connectivity index (χ3n) is 11.2. The summed E-state index contributed by atoms with van der Waals surface area (Å²) in [6, 6.07) is 10.5. The Balaban J connectivity index is 0.909. The van der Waals surface area contributed by atoms with Crippen molar-refractivity contribution >= 4 is 39.0 Å². The predicted octanol–water partition coefficient (Wildman–Crippen LogP) is 9.95. The van der Waals surface area contributed by atoms with Crippen molar-refractivity contribution in [1.82, 2.24) is 0 Å². The molecule has 0 aliphatic carbocycles. The van der Waals surface area contributed by atoms with E-state index < -0.39 is 17.2 Å². The van der Waals surface area contributed by atoms with Gasteiger partial charge < -0.3 is 41.7 Å². The average Bonchev–Trinajstić information content (AvgIpc) is 3.51. The summed E-state index contributed by atoms with van der Waals surface area (Å²) in [4.78, 5) is 11.9. The Morgan fingerprint density at radius 2 is 1.53 bits per heavy atom. The van der Waals surface area contributed by atoms with E-state index in [1.165, 1.54) is 11.6 Å². The summed E-state index contributed by atoms with van der Waals surface area (Å²) in [5, 5.41) is 2.46. The standard InChI is InChI=1S/C43H48O10/c1-25(8-11-36-41(4,5)51-36)15-19-47-39-29-14-18-43(50-35(29)23-33-30(39)16-20-46-33)52-37(42(6,7)53-43)12-9-26(2)27(3)24-48-40-28-10-13-38(44)49-34(28)22-32-31(40)17-21-45-32/h10,13-18,20-23,26-27,36-37H,8-9,11-12,19,24H2,1-7H3/b25-15+/t26?,27?,36?,37-,43-/m1/s1. The van der Waals surface area contributed by atoms with Gasteiger partial charge >= 0.3 is 11.6 Å². The molecule has 10 nitrogen and oxygen atoms in total. The van der Waals surface area contributed by atoms with Crippen molar-refractivity contribution < 1.29 is 41.7 Å². The molecule has 3 aliphatic heterocycles. The molecule has 8 rings (SSSR count). The maximum Gasteiger partial charge on any atom is 0.350 e. The van der Waals surface area contributed by atoms with Gasteiger partial charge in [0, 0.05) is 24.3 Å². The number of ether oxygens (including phenoxy) is 6. The van der Waals surface area contributed by atoms with Crippen LogP contribution in [-0.4, -0.2) is 42.6 Å². The molecule has 0 radical (unpaired) electrons. The summed E-state index contributed by atoms with van der Waals surface area (Å²) in [5.74, 6) is 1.09. The number of furan rings is 2. The maximum absolute atomic E-state index is 11.9. The zero-order chi connectivity index (χ0) is 37.1. The highest BCUT2D eigenvalue weighted by Gasteiger charge is 2.54. The first kappa shape index (κ1) is 35.5. The van der Waals surface area contributed by atoms with Gasteiger partial charge in [-0.25, -0.2) is 4.79 Å². The number of epoxide rings is 1. The number of allylic oxidation sites excluding steroid dienone is 1. The minimum Gasteiger partial charge on any atom is -0.492 e. The highest BCUT2D eigenvalue weighted by atomic mass is 16.9. The van der Waals surface area contributed by atoms with Crippen LogP contribution in [0.15, 0.2) is 84.7 Å². The van der Waals surface area contributed by atoms with Gasteiger partial charge in [-0.3, -0.25) is 0 Å². The van der Waals surface area contributed by atoms with Crippen LogP contribution in [0.2, 0.25) is 0 Å². The molecule has 10 heteroatoms. The molecule has 0 amide bonds. The van der Waals surface area contributed by atoms with Crippen LogP contribution >= 0.6 is 0 Å². The van der Waals surface area contributed by atoms with Crippen LogP contribution < -0.4 is 19.8 Å². The van der Waals surface area contributed by atoms with Gasteiger partial charge in [0.05, 0.1) is 64.3 Å². The molecule has 0 bridgehead atoms. The molecule has 1 spiro atoms. The predicted molar refractivity (Wildman–Crippen MR) is 201 cm³/mol. The number of hydrogen-bond acceptors (Lipinski definition) is 10. The van der Waals surface area contributed by atoms with Gasteiger partial charge in [0.2, 0.25) is 0 Å². The van der Waals surface area contributed by atoms with E-state index in [9.17, 15) is 4.79 Å². The van der Waals surface area contributed by atoms with Gasteiger partial charge in [-0.1, -0.05) is 19.4 Å². The summed E-state index contributed by atoms with van der Waals surface area (Å²) in [6.45, 7) is 15.8. The van der Waals surface area contributed by atoms with Crippen LogP contribution in [0.25, 0.3) is 39.0 Å². The van der Waals surface area contributed by atoms with E-state index in [2.05, 4.69) is 40.7 Å². The molecule has 3 aliphatic rings. The Morgan fingerprint density at radius 1 is 0.830 bits per heavy atom. The summed E-state index contributed by atoms with van der Waals surface area (Å²) < 4.78 is 55.1. The molecule has 2 fully saturated rings. The molecule has 5 atom stereocenters. The smallest absolute Gasteiger partial charge is 0.350 e. The quantitative estimate of drug-likeness (QED) is 0.0660. The van der Waals surface area contributed by atoms with Crippen molar-refractivity contribution in [3.63, 3.8) is 0 Å². The van der Waals surface area contributed by atoms with Crippen molar-refractivity contribution in [2.75, 3.05) is 13.2 Å². The molecular formula is C43H48O10. The molecule has 53 heavy (non-hydrogen) atoms. The van der Waals surface area contributed by atoms with E-state index in [1.807, 2.05) is 44.2 Å². The summed E-state index contributed by atoms with van der Waals surface area (Å²) >= 11 is 0. The second kappa shape index (κ2) is 13.4. The fraction of sp³-hybridized carbons (Fsp3) is 0.465. The van der Waals surface area contributed by atoms with E-state index in [4.69, 9.17) is 41.7 Å². The molecule has 2 saturated heterocycles. The molecule has 6 heterocycles. The van der Waals surface area contributed by atoms with Gasteiger partial charge in [0.15, 0.2) is 0 Å². The maximum atomic E-state index is 11.9. The van der Waals surface area contributed by atoms with Crippen LogP contribution in [0.1, 0.15) is 79.7 Å². The molecule has 0 saturated carbocycles. The highest BCUT2D eigenvalue weighted by molar-refractivity contribution is 6.01. The van der Waals surface area contributed by atoms with Crippen LogP contribution in [-0.2, 0) is 14.2 Å². The number of rotatable bonds is 13. The number of benzene rings is 2. The fourth-order valence-corrected chi connectivity index (χ4v) is 7.48. The Bertz CT molecular complexity index is 2270. The lowest BCUT2D eigenvalue weighted by atomic mass is 9.88. The lowest BCUT2D eigenvalue weighted by molar-refractivity contribution is -0.270.